The number of benzene rings is 1. The van der Waals surface area contributed by atoms with Crippen molar-refractivity contribution in [3.8, 4) is 17.2 Å². The fourth-order valence-corrected chi connectivity index (χ4v) is 5.45. The first-order valence-corrected chi connectivity index (χ1v) is 12.3. The Labute approximate surface area is 211 Å². The van der Waals surface area contributed by atoms with Gasteiger partial charge in [-0.05, 0) is 61.8 Å². The number of aromatic nitrogens is 1. The molecule has 0 radical (unpaired) electrons. The van der Waals surface area contributed by atoms with E-state index in [-0.39, 0.29) is 17.0 Å². The second kappa shape index (κ2) is 11.2. The van der Waals surface area contributed by atoms with Gasteiger partial charge in [0.25, 0.3) is 11.8 Å². The van der Waals surface area contributed by atoms with Gasteiger partial charge in [-0.25, -0.2) is 4.98 Å². The van der Waals surface area contributed by atoms with Gasteiger partial charge in [0.2, 0.25) is 5.75 Å². The third-order valence-corrected chi connectivity index (χ3v) is 7.52. The van der Waals surface area contributed by atoms with Crippen molar-refractivity contribution in [3.63, 3.8) is 0 Å². The van der Waals surface area contributed by atoms with Gasteiger partial charge in [0.1, 0.15) is 5.15 Å². The molecule has 0 bridgehead atoms. The zero-order chi connectivity index (χ0) is 24.9. The van der Waals surface area contributed by atoms with Gasteiger partial charge in [-0.3, -0.25) is 9.59 Å². The molecule has 8 nitrogen and oxygen atoms in total. The third kappa shape index (κ3) is 5.32. The van der Waals surface area contributed by atoms with E-state index >= 15 is 0 Å². The Morgan fingerprint density at radius 3 is 1.83 bits per heavy atom. The predicted molar refractivity (Wildman–Crippen MR) is 133 cm³/mol. The number of hydrogen-bond acceptors (Lipinski definition) is 6. The number of pyridine rings is 1. The summed E-state index contributed by atoms with van der Waals surface area (Å²) in [4.78, 5) is 33.8. The summed E-state index contributed by atoms with van der Waals surface area (Å²) in [5.41, 5.74) is 0.991. The Bertz CT molecular complexity index is 1040. The molecule has 188 valence electrons. The summed E-state index contributed by atoms with van der Waals surface area (Å²) in [6.07, 6.45) is 5.45. The molecule has 0 aliphatic carbocycles. The van der Waals surface area contributed by atoms with Crippen LogP contribution in [0.5, 0.6) is 17.2 Å². The summed E-state index contributed by atoms with van der Waals surface area (Å²) in [5.74, 6) is 2.45. The third-order valence-electron chi connectivity index (χ3n) is 7.22. The highest BCUT2D eigenvalue weighted by Gasteiger charge is 2.33. The van der Waals surface area contributed by atoms with Crippen molar-refractivity contribution in [2.45, 2.75) is 25.7 Å². The topological polar surface area (TPSA) is 81.2 Å². The molecule has 4 rings (SSSR count). The van der Waals surface area contributed by atoms with Crippen molar-refractivity contribution in [3.05, 3.63) is 46.7 Å². The van der Waals surface area contributed by atoms with Crippen molar-refractivity contribution < 1.29 is 23.8 Å². The summed E-state index contributed by atoms with van der Waals surface area (Å²) in [5, 5.41) is 0.253. The van der Waals surface area contributed by atoms with Gasteiger partial charge < -0.3 is 24.0 Å². The Morgan fingerprint density at radius 2 is 1.37 bits per heavy atom. The van der Waals surface area contributed by atoms with Crippen LogP contribution >= 0.6 is 11.6 Å². The van der Waals surface area contributed by atoms with E-state index in [0.717, 1.165) is 38.8 Å². The molecule has 0 N–H and O–H groups in total. The molecule has 2 aromatic rings. The van der Waals surface area contributed by atoms with E-state index in [1.165, 1.54) is 0 Å². The number of carbonyl (C=O) groups is 2. The maximum Gasteiger partial charge on any atom is 0.256 e. The van der Waals surface area contributed by atoms with Gasteiger partial charge in [-0.2, -0.15) is 0 Å². The number of rotatable bonds is 6. The minimum atomic E-state index is -0.0488. The Balaban J connectivity index is 1.32. The second-order valence-electron chi connectivity index (χ2n) is 9.02. The van der Waals surface area contributed by atoms with Crippen LogP contribution in [0, 0.1) is 11.8 Å². The zero-order valence-electron chi connectivity index (χ0n) is 20.5. The van der Waals surface area contributed by atoms with Gasteiger partial charge >= 0.3 is 0 Å². The Hall–Kier alpha value is -3.00. The molecule has 0 unspecified atom stereocenters. The molecule has 2 fully saturated rings. The van der Waals surface area contributed by atoms with Crippen LogP contribution in [0.15, 0.2) is 30.5 Å². The number of amides is 2. The van der Waals surface area contributed by atoms with Crippen LogP contribution < -0.4 is 14.2 Å². The normalized spacial score (nSPS) is 17.3. The standard InChI is InChI=1S/C26H32ClN3O5/c1-33-21-15-19(16-22(34-2)23(21)35-3)25(31)29-11-6-17(7-12-29)18-8-13-30(14-9-18)26(32)20-5-4-10-28-24(20)27/h4-5,10,15-18H,6-9,11-14H2,1-3H3. The molecular weight excluding hydrogens is 470 g/mol. The van der Waals surface area contributed by atoms with Gasteiger partial charge in [-0.15, -0.1) is 0 Å². The molecule has 0 spiro atoms. The molecule has 2 aliphatic rings. The largest absolute Gasteiger partial charge is 0.493 e. The van der Waals surface area contributed by atoms with E-state index in [1.54, 1.807) is 51.8 Å². The summed E-state index contributed by atoms with van der Waals surface area (Å²) in [6, 6.07) is 6.87. The molecule has 9 heteroatoms. The van der Waals surface area contributed by atoms with Gasteiger partial charge in [0.05, 0.1) is 26.9 Å². The molecule has 2 amide bonds. The molecule has 35 heavy (non-hydrogen) atoms. The monoisotopic (exact) mass is 501 g/mol. The van der Waals surface area contributed by atoms with Crippen LogP contribution in [0.2, 0.25) is 5.15 Å². The molecule has 2 saturated heterocycles. The molecule has 0 saturated carbocycles. The van der Waals surface area contributed by atoms with E-state index in [2.05, 4.69) is 4.98 Å². The average molecular weight is 502 g/mol. The molecule has 1 aromatic heterocycles. The fourth-order valence-electron chi connectivity index (χ4n) is 5.25. The smallest absolute Gasteiger partial charge is 0.256 e. The number of piperidine rings is 2. The minimum absolute atomic E-state index is 0.0310. The van der Waals surface area contributed by atoms with Gasteiger partial charge in [-0.1, -0.05) is 11.6 Å². The number of ether oxygens (including phenoxy) is 3. The lowest BCUT2D eigenvalue weighted by atomic mass is 9.78. The SMILES string of the molecule is COc1cc(C(=O)N2CCC(C3CCN(C(=O)c4cccnc4Cl)CC3)CC2)cc(OC)c1OC. The fraction of sp³-hybridized carbons (Fsp3) is 0.500. The predicted octanol–water partition coefficient (Wildman–Crippen LogP) is 4.17. The summed E-state index contributed by atoms with van der Waals surface area (Å²) in [7, 11) is 4.63. The molecular formula is C26H32ClN3O5. The van der Waals surface area contributed by atoms with Crippen LogP contribution in [-0.2, 0) is 0 Å². The highest BCUT2D eigenvalue weighted by molar-refractivity contribution is 6.32. The van der Waals surface area contributed by atoms with Crippen molar-refractivity contribution in [2.24, 2.45) is 11.8 Å². The van der Waals surface area contributed by atoms with Crippen molar-refractivity contribution >= 4 is 23.4 Å². The van der Waals surface area contributed by atoms with Crippen LogP contribution in [0.25, 0.3) is 0 Å². The Morgan fingerprint density at radius 1 is 0.857 bits per heavy atom. The van der Waals surface area contributed by atoms with Crippen molar-refractivity contribution in [2.75, 3.05) is 47.5 Å². The number of nitrogens with zero attached hydrogens (tertiary/aromatic N) is 3. The lowest BCUT2D eigenvalue weighted by Crippen LogP contribution is -2.44. The second-order valence-corrected chi connectivity index (χ2v) is 9.37. The first kappa shape index (κ1) is 25.1. The summed E-state index contributed by atoms with van der Waals surface area (Å²) >= 11 is 6.11. The van der Waals surface area contributed by atoms with Gasteiger partial charge in [0, 0.05) is 37.9 Å². The lowest BCUT2D eigenvalue weighted by molar-refractivity contribution is 0.0536. The summed E-state index contributed by atoms with van der Waals surface area (Å²) in [6.45, 7) is 2.87. The minimum Gasteiger partial charge on any atom is -0.493 e. The maximum absolute atomic E-state index is 13.2. The molecule has 2 aliphatic heterocycles. The maximum atomic E-state index is 13.2. The van der Waals surface area contributed by atoms with Crippen molar-refractivity contribution in [1.82, 2.24) is 14.8 Å². The summed E-state index contributed by atoms with van der Waals surface area (Å²) < 4.78 is 16.2. The van der Waals surface area contributed by atoms with E-state index in [9.17, 15) is 9.59 Å². The van der Waals surface area contributed by atoms with E-state index < -0.39 is 0 Å². The first-order chi connectivity index (χ1) is 17.0. The van der Waals surface area contributed by atoms with Gasteiger partial charge in [0.15, 0.2) is 11.5 Å². The van der Waals surface area contributed by atoms with Crippen LogP contribution in [0.4, 0.5) is 0 Å². The van der Waals surface area contributed by atoms with E-state index in [0.29, 0.717) is 53.3 Å². The number of methoxy groups -OCH3 is 3. The first-order valence-electron chi connectivity index (χ1n) is 12.0. The quantitative estimate of drug-likeness (QED) is 0.553. The highest BCUT2D eigenvalue weighted by atomic mass is 35.5. The number of hydrogen-bond donors (Lipinski definition) is 0. The average Bonchev–Trinajstić information content (AvgIpc) is 2.91. The molecule has 0 atom stereocenters. The number of halogens is 1. The van der Waals surface area contributed by atoms with Crippen LogP contribution in [-0.4, -0.2) is 74.1 Å². The number of likely N-dealkylation sites (tertiary alicyclic amines) is 2. The van der Waals surface area contributed by atoms with Crippen molar-refractivity contribution in [1.29, 1.82) is 0 Å². The molecule has 1 aromatic carbocycles. The molecule has 3 heterocycles. The van der Waals surface area contributed by atoms with E-state index in [1.807, 2.05) is 9.80 Å². The Kier molecular flexibility index (Phi) is 8.00. The highest BCUT2D eigenvalue weighted by Crippen LogP contribution is 2.39. The van der Waals surface area contributed by atoms with E-state index in [4.69, 9.17) is 25.8 Å². The van der Waals surface area contributed by atoms with Crippen LogP contribution in [0.1, 0.15) is 46.4 Å². The zero-order valence-corrected chi connectivity index (χ0v) is 21.2. The lowest BCUT2D eigenvalue weighted by Gasteiger charge is -2.40. The number of carbonyl (C=O) groups excluding carboxylic acids is 2. The van der Waals surface area contributed by atoms with Crippen LogP contribution in [0.3, 0.4) is 0 Å².